The number of carboxylic acid groups (broad SMARTS) is 1. The van der Waals surface area contributed by atoms with Crippen molar-refractivity contribution in [1.82, 2.24) is 0 Å². The van der Waals surface area contributed by atoms with E-state index in [4.69, 9.17) is 9.84 Å². The average Bonchev–Trinajstić information content (AvgIpc) is 2.68. The third-order valence-corrected chi connectivity index (χ3v) is 3.31. The molecule has 0 bridgehead atoms. The zero-order chi connectivity index (χ0) is 13.4. The second-order valence-electron chi connectivity index (χ2n) is 5.62. The van der Waals surface area contributed by atoms with E-state index in [0.29, 0.717) is 6.42 Å². The summed E-state index contributed by atoms with van der Waals surface area (Å²) in [4.78, 5) is 22.9. The van der Waals surface area contributed by atoms with Gasteiger partial charge in [-0.3, -0.25) is 4.79 Å². The molecular formula is C13H20O4. The van der Waals surface area contributed by atoms with Gasteiger partial charge in [-0.25, -0.2) is 4.79 Å². The Labute approximate surface area is 102 Å². The van der Waals surface area contributed by atoms with E-state index in [1.54, 1.807) is 19.9 Å². The van der Waals surface area contributed by atoms with E-state index in [9.17, 15) is 9.59 Å². The van der Waals surface area contributed by atoms with Crippen LogP contribution in [0.3, 0.4) is 0 Å². The number of carboxylic acids is 1. The van der Waals surface area contributed by atoms with Gasteiger partial charge >= 0.3 is 11.9 Å². The molecular weight excluding hydrogens is 220 g/mol. The lowest BCUT2D eigenvalue weighted by Gasteiger charge is -2.18. The highest BCUT2D eigenvalue weighted by Gasteiger charge is 2.66. The first-order chi connectivity index (χ1) is 7.62. The average molecular weight is 240 g/mol. The molecule has 0 amide bonds. The van der Waals surface area contributed by atoms with Crippen LogP contribution < -0.4 is 0 Å². The fraction of sp³-hybridized carbons (Fsp3) is 0.692. The van der Waals surface area contributed by atoms with Gasteiger partial charge in [-0.15, -0.1) is 0 Å². The lowest BCUT2D eigenvalue weighted by Crippen LogP contribution is -2.25. The summed E-state index contributed by atoms with van der Waals surface area (Å²) in [5, 5.41) is 8.89. The van der Waals surface area contributed by atoms with E-state index in [-0.39, 0.29) is 23.1 Å². The van der Waals surface area contributed by atoms with Crippen molar-refractivity contribution in [2.45, 2.75) is 47.1 Å². The molecule has 1 rings (SSSR count). The van der Waals surface area contributed by atoms with Crippen molar-refractivity contribution in [3.8, 4) is 0 Å². The van der Waals surface area contributed by atoms with Gasteiger partial charge in [0.25, 0.3) is 0 Å². The third-order valence-electron chi connectivity index (χ3n) is 3.31. The Kier molecular flexibility index (Phi) is 3.37. The molecule has 0 aromatic carbocycles. The van der Waals surface area contributed by atoms with Gasteiger partial charge in [-0.1, -0.05) is 19.9 Å². The molecule has 0 aliphatic heterocycles. The minimum atomic E-state index is -0.996. The van der Waals surface area contributed by atoms with Crippen molar-refractivity contribution in [3.63, 3.8) is 0 Å². The highest BCUT2D eigenvalue weighted by atomic mass is 16.5. The maximum absolute atomic E-state index is 12.1. The summed E-state index contributed by atoms with van der Waals surface area (Å²) in [6.45, 7) is 8.96. The minimum Gasteiger partial charge on any atom is -0.478 e. The van der Waals surface area contributed by atoms with Gasteiger partial charge < -0.3 is 9.84 Å². The summed E-state index contributed by atoms with van der Waals surface area (Å²) in [5.74, 6) is -1.32. The van der Waals surface area contributed by atoms with Crippen molar-refractivity contribution < 1.29 is 19.4 Å². The maximum atomic E-state index is 12.1. The summed E-state index contributed by atoms with van der Waals surface area (Å²) < 4.78 is 5.22. The van der Waals surface area contributed by atoms with Crippen LogP contribution in [0.5, 0.6) is 0 Å². The summed E-state index contributed by atoms with van der Waals surface area (Å²) in [5.41, 5.74) is -0.800. The fourth-order valence-corrected chi connectivity index (χ4v) is 2.06. The van der Waals surface area contributed by atoms with E-state index in [1.165, 1.54) is 6.92 Å². The van der Waals surface area contributed by atoms with E-state index in [2.05, 4.69) is 0 Å². The molecule has 17 heavy (non-hydrogen) atoms. The second-order valence-corrected chi connectivity index (χ2v) is 5.62. The molecule has 1 N–H and O–H groups in total. The molecule has 0 saturated heterocycles. The molecule has 1 unspecified atom stereocenters. The first-order valence-electron chi connectivity index (χ1n) is 5.76. The van der Waals surface area contributed by atoms with Gasteiger partial charge in [-0.2, -0.15) is 0 Å². The van der Waals surface area contributed by atoms with Crippen LogP contribution in [-0.4, -0.2) is 23.1 Å². The molecule has 4 heteroatoms. The van der Waals surface area contributed by atoms with E-state index < -0.39 is 11.4 Å². The lowest BCUT2D eigenvalue weighted by molar-refractivity contribution is -0.153. The fourth-order valence-electron chi connectivity index (χ4n) is 2.06. The van der Waals surface area contributed by atoms with Crippen LogP contribution in [0.1, 0.15) is 41.0 Å². The number of carbonyl (C=O) groups excluding carboxylic acids is 1. The number of hydrogen-bond donors (Lipinski definition) is 1. The smallest absolute Gasteiger partial charge is 0.330 e. The molecule has 4 nitrogen and oxygen atoms in total. The molecule has 1 aliphatic carbocycles. The summed E-state index contributed by atoms with van der Waals surface area (Å²) in [6, 6.07) is 0. The van der Waals surface area contributed by atoms with Gasteiger partial charge in [0.2, 0.25) is 0 Å². The Morgan fingerprint density at radius 2 is 1.82 bits per heavy atom. The number of aliphatic carboxylic acids is 1. The van der Waals surface area contributed by atoms with Crippen molar-refractivity contribution in [2.75, 3.05) is 0 Å². The standard InChI is InChI=1S/C13H20O4/c1-8(2)17-11(16)13(7-12(13,4)5)6-9(3)10(14)15/h6,8H,7H2,1-5H3,(H,14,15). The first-order valence-corrected chi connectivity index (χ1v) is 5.76. The van der Waals surface area contributed by atoms with Crippen LogP contribution in [0.2, 0.25) is 0 Å². The van der Waals surface area contributed by atoms with Crippen molar-refractivity contribution >= 4 is 11.9 Å². The third kappa shape index (κ3) is 2.51. The van der Waals surface area contributed by atoms with Gasteiger partial charge in [0, 0.05) is 5.57 Å². The van der Waals surface area contributed by atoms with Crippen molar-refractivity contribution in [1.29, 1.82) is 0 Å². The van der Waals surface area contributed by atoms with Gasteiger partial charge in [-0.05, 0) is 32.6 Å². The van der Waals surface area contributed by atoms with E-state index in [0.717, 1.165) is 0 Å². The molecule has 1 atom stereocenters. The van der Waals surface area contributed by atoms with Crippen molar-refractivity contribution in [2.24, 2.45) is 10.8 Å². The lowest BCUT2D eigenvalue weighted by atomic mass is 9.93. The Morgan fingerprint density at radius 1 is 1.35 bits per heavy atom. The Hall–Kier alpha value is -1.32. The zero-order valence-corrected chi connectivity index (χ0v) is 11.0. The van der Waals surface area contributed by atoms with Crippen molar-refractivity contribution in [3.05, 3.63) is 11.6 Å². The van der Waals surface area contributed by atoms with Gasteiger partial charge in [0.1, 0.15) is 0 Å². The zero-order valence-electron chi connectivity index (χ0n) is 11.0. The number of rotatable bonds is 4. The van der Waals surface area contributed by atoms with E-state index >= 15 is 0 Å². The number of ether oxygens (including phenoxy) is 1. The largest absolute Gasteiger partial charge is 0.478 e. The van der Waals surface area contributed by atoms with Gasteiger partial charge in [0.15, 0.2) is 0 Å². The molecule has 0 heterocycles. The first kappa shape index (κ1) is 13.7. The minimum absolute atomic E-state index is 0.186. The number of hydrogen-bond acceptors (Lipinski definition) is 3. The number of carbonyl (C=O) groups is 2. The molecule has 1 saturated carbocycles. The molecule has 1 aliphatic rings. The van der Waals surface area contributed by atoms with Crippen LogP contribution in [0.4, 0.5) is 0 Å². The Balaban J connectivity index is 2.99. The Morgan fingerprint density at radius 3 is 2.12 bits per heavy atom. The van der Waals surface area contributed by atoms with E-state index in [1.807, 2.05) is 13.8 Å². The van der Waals surface area contributed by atoms with Crippen LogP contribution in [0, 0.1) is 10.8 Å². The summed E-state index contributed by atoms with van der Waals surface area (Å²) >= 11 is 0. The van der Waals surface area contributed by atoms with Crippen LogP contribution in [0.25, 0.3) is 0 Å². The molecule has 96 valence electrons. The predicted octanol–water partition coefficient (Wildman–Crippen LogP) is 2.39. The molecule has 1 fully saturated rings. The highest BCUT2D eigenvalue weighted by molar-refractivity contribution is 5.90. The highest BCUT2D eigenvalue weighted by Crippen LogP contribution is 2.65. The normalized spacial score (nSPS) is 26.8. The maximum Gasteiger partial charge on any atom is 0.330 e. The number of esters is 1. The second kappa shape index (κ2) is 4.17. The molecule has 0 aromatic heterocycles. The van der Waals surface area contributed by atoms with Crippen LogP contribution >= 0.6 is 0 Å². The molecule has 0 aromatic rings. The van der Waals surface area contributed by atoms with Crippen LogP contribution in [0.15, 0.2) is 11.6 Å². The molecule has 0 radical (unpaired) electrons. The molecule has 0 spiro atoms. The predicted molar refractivity (Wildman–Crippen MR) is 63.5 cm³/mol. The SMILES string of the molecule is CC(=CC1(C(=O)OC(C)C)CC1(C)C)C(=O)O. The van der Waals surface area contributed by atoms with Crippen LogP contribution in [-0.2, 0) is 14.3 Å². The topological polar surface area (TPSA) is 63.6 Å². The quantitative estimate of drug-likeness (QED) is 0.605. The summed E-state index contributed by atoms with van der Waals surface area (Å²) in [7, 11) is 0. The monoisotopic (exact) mass is 240 g/mol. The summed E-state index contributed by atoms with van der Waals surface area (Å²) in [6.07, 6.45) is 1.99. The Bertz CT molecular complexity index is 379. The van der Waals surface area contributed by atoms with Gasteiger partial charge in [0.05, 0.1) is 11.5 Å².